The number of amides is 1. The Labute approximate surface area is 120 Å². The molecule has 5 nitrogen and oxygen atoms in total. The molecular formula is C16H12N2O3. The molecule has 0 radical (unpaired) electrons. The van der Waals surface area contributed by atoms with Crippen LogP contribution in [-0.4, -0.2) is 21.6 Å². The Kier molecular flexibility index (Phi) is 2.95. The molecule has 0 aliphatic heterocycles. The summed E-state index contributed by atoms with van der Waals surface area (Å²) in [6, 6.07) is 13.7. The molecule has 3 aromatic rings. The van der Waals surface area contributed by atoms with Crippen LogP contribution in [0, 0.1) is 0 Å². The lowest BCUT2D eigenvalue weighted by molar-refractivity contribution is 0.0697. The van der Waals surface area contributed by atoms with Crippen LogP contribution in [0.15, 0.2) is 54.7 Å². The molecule has 0 atom stereocenters. The van der Waals surface area contributed by atoms with Crippen LogP contribution in [-0.2, 0) is 0 Å². The number of nitrogens with two attached hydrogens (primary N) is 1. The van der Waals surface area contributed by atoms with E-state index in [1.807, 2.05) is 16.8 Å². The van der Waals surface area contributed by atoms with Crippen molar-refractivity contribution in [1.29, 1.82) is 0 Å². The molecule has 104 valence electrons. The van der Waals surface area contributed by atoms with Crippen LogP contribution in [0.2, 0.25) is 0 Å². The second-order valence-electron chi connectivity index (χ2n) is 4.68. The molecule has 5 heteroatoms. The third-order valence-corrected chi connectivity index (χ3v) is 3.37. The fourth-order valence-electron chi connectivity index (χ4n) is 2.29. The smallest absolute Gasteiger partial charge is 0.335 e. The Hall–Kier alpha value is -3.08. The van der Waals surface area contributed by atoms with Crippen molar-refractivity contribution in [2.24, 2.45) is 5.73 Å². The predicted molar refractivity (Wildman–Crippen MR) is 78.8 cm³/mol. The highest BCUT2D eigenvalue weighted by molar-refractivity contribution is 5.94. The van der Waals surface area contributed by atoms with Gasteiger partial charge in [-0.15, -0.1) is 0 Å². The molecule has 3 N–H and O–H groups in total. The summed E-state index contributed by atoms with van der Waals surface area (Å²) in [6.45, 7) is 0. The number of carboxylic acid groups (broad SMARTS) is 1. The number of aromatic nitrogens is 1. The normalized spacial score (nSPS) is 10.7. The van der Waals surface area contributed by atoms with Gasteiger partial charge in [0.1, 0.15) is 0 Å². The van der Waals surface area contributed by atoms with Crippen molar-refractivity contribution in [2.45, 2.75) is 0 Å². The Bertz CT molecular complexity index is 848. The fourth-order valence-corrected chi connectivity index (χ4v) is 2.29. The first-order valence-electron chi connectivity index (χ1n) is 6.31. The molecule has 0 spiro atoms. The van der Waals surface area contributed by atoms with Gasteiger partial charge in [-0.1, -0.05) is 0 Å². The first-order chi connectivity index (χ1) is 10.1. The Morgan fingerprint density at radius 1 is 0.952 bits per heavy atom. The predicted octanol–water partition coefficient (Wildman–Crippen LogP) is 2.43. The number of fused-ring (bicyclic) bond motifs is 1. The van der Waals surface area contributed by atoms with Crippen molar-refractivity contribution in [3.63, 3.8) is 0 Å². The molecule has 1 heterocycles. The Morgan fingerprint density at radius 2 is 1.62 bits per heavy atom. The molecule has 0 unspecified atom stereocenters. The lowest BCUT2D eigenvalue weighted by Gasteiger charge is -2.06. The third-order valence-electron chi connectivity index (χ3n) is 3.37. The molecule has 0 fully saturated rings. The van der Waals surface area contributed by atoms with Crippen LogP contribution in [0.25, 0.3) is 16.6 Å². The van der Waals surface area contributed by atoms with Crippen LogP contribution in [0.5, 0.6) is 0 Å². The maximum Gasteiger partial charge on any atom is 0.335 e. The zero-order chi connectivity index (χ0) is 15.0. The second-order valence-corrected chi connectivity index (χ2v) is 4.68. The maximum absolute atomic E-state index is 11.1. The number of primary amides is 1. The fraction of sp³-hybridized carbons (Fsp3) is 0. The summed E-state index contributed by atoms with van der Waals surface area (Å²) < 4.78 is 1.92. The van der Waals surface area contributed by atoms with Gasteiger partial charge in [0.25, 0.3) is 0 Å². The van der Waals surface area contributed by atoms with Crippen LogP contribution < -0.4 is 5.73 Å². The zero-order valence-electron chi connectivity index (χ0n) is 11.0. The largest absolute Gasteiger partial charge is 0.478 e. The number of benzene rings is 2. The van der Waals surface area contributed by atoms with Crippen molar-refractivity contribution in [1.82, 2.24) is 4.57 Å². The van der Waals surface area contributed by atoms with Gasteiger partial charge in [0.2, 0.25) is 5.91 Å². The minimum absolute atomic E-state index is 0.254. The van der Waals surface area contributed by atoms with Gasteiger partial charge >= 0.3 is 5.97 Å². The van der Waals surface area contributed by atoms with Gasteiger partial charge in [0, 0.05) is 22.8 Å². The van der Waals surface area contributed by atoms with E-state index in [9.17, 15) is 9.59 Å². The molecular weight excluding hydrogens is 268 g/mol. The van der Waals surface area contributed by atoms with E-state index >= 15 is 0 Å². The second kappa shape index (κ2) is 4.79. The summed E-state index contributed by atoms with van der Waals surface area (Å²) in [6.07, 6.45) is 1.86. The minimum atomic E-state index is -0.949. The molecule has 0 saturated carbocycles. The summed E-state index contributed by atoms with van der Waals surface area (Å²) in [5, 5.41) is 9.84. The molecule has 0 bridgehead atoms. The number of carboxylic acids is 1. The van der Waals surface area contributed by atoms with E-state index in [-0.39, 0.29) is 5.56 Å². The van der Waals surface area contributed by atoms with Crippen molar-refractivity contribution in [3.05, 3.63) is 65.9 Å². The lowest BCUT2D eigenvalue weighted by atomic mass is 10.1. The van der Waals surface area contributed by atoms with Gasteiger partial charge in [-0.2, -0.15) is 0 Å². The molecule has 1 amide bonds. The van der Waals surface area contributed by atoms with Gasteiger partial charge in [0.15, 0.2) is 0 Å². The van der Waals surface area contributed by atoms with E-state index in [1.165, 1.54) is 0 Å². The Morgan fingerprint density at radius 3 is 2.24 bits per heavy atom. The van der Waals surface area contributed by atoms with Crippen LogP contribution >= 0.6 is 0 Å². The summed E-state index contributed by atoms with van der Waals surface area (Å²) in [7, 11) is 0. The van der Waals surface area contributed by atoms with Crippen molar-refractivity contribution in [2.75, 3.05) is 0 Å². The molecule has 2 aromatic carbocycles. The Balaban J connectivity index is 2.08. The highest BCUT2D eigenvalue weighted by atomic mass is 16.4. The summed E-state index contributed by atoms with van der Waals surface area (Å²) in [5.41, 5.74) is 7.69. The summed E-state index contributed by atoms with van der Waals surface area (Å²) in [4.78, 5) is 22.0. The molecule has 3 rings (SSSR count). The quantitative estimate of drug-likeness (QED) is 0.772. The maximum atomic E-state index is 11.1. The SMILES string of the molecule is NC(=O)c1ccc(-n2ccc3cc(C(=O)O)ccc32)cc1. The van der Waals surface area contributed by atoms with Crippen molar-refractivity contribution in [3.8, 4) is 5.69 Å². The highest BCUT2D eigenvalue weighted by Gasteiger charge is 2.08. The molecule has 0 aliphatic carbocycles. The average Bonchev–Trinajstić information content (AvgIpc) is 2.90. The van der Waals surface area contributed by atoms with Crippen molar-refractivity contribution >= 4 is 22.8 Å². The molecule has 1 aromatic heterocycles. The van der Waals surface area contributed by atoms with Gasteiger partial charge in [0.05, 0.1) is 11.1 Å². The van der Waals surface area contributed by atoms with Crippen molar-refractivity contribution < 1.29 is 14.7 Å². The van der Waals surface area contributed by atoms with E-state index in [4.69, 9.17) is 10.8 Å². The first-order valence-corrected chi connectivity index (χ1v) is 6.31. The first kappa shape index (κ1) is 12.9. The van der Waals surface area contributed by atoms with Crippen LogP contribution in [0.1, 0.15) is 20.7 Å². The number of hydrogen-bond donors (Lipinski definition) is 2. The number of aromatic carboxylic acids is 1. The van der Waals surface area contributed by atoms with Gasteiger partial charge < -0.3 is 15.4 Å². The van der Waals surface area contributed by atoms with Crippen LogP contribution in [0.3, 0.4) is 0 Å². The number of hydrogen-bond acceptors (Lipinski definition) is 2. The monoisotopic (exact) mass is 280 g/mol. The number of carbonyl (C=O) groups excluding carboxylic acids is 1. The zero-order valence-corrected chi connectivity index (χ0v) is 11.0. The number of nitrogens with zero attached hydrogens (tertiary/aromatic N) is 1. The molecule has 0 aliphatic rings. The summed E-state index contributed by atoms with van der Waals surface area (Å²) >= 11 is 0. The number of carbonyl (C=O) groups is 2. The van der Waals surface area contributed by atoms with E-state index in [2.05, 4.69) is 0 Å². The molecule has 21 heavy (non-hydrogen) atoms. The van der Waals surface area contributed by atoms with E-state index in [0.29, 0.717) is 5.56 Å². The van der Waals surface area contributed by atoms with Gasteiger partial charge in [-0.25, -0.2) is 4.79 Å². The topological polar surface area (TPSA) is 85.3 Å². The average molecular weight is 280 g/mol. The van der Waals surface area contributed by atoms with Gasteiger partial charge in [-0.05, 0) is 48.5 Å². The lowest BCUT2D eigenvalue weighted by Crippen LogP contribution is -2.10. The standard InChI is InChI=1S/C16H12N2O3/c17-15(19)10-1-4-13(5-2-10)18-8-7-11-9-12(16(20)21)3-6-14(11)18/h1-9H,(H2,17,19)(H,20,21). The number of rotatable bonds is 3. The van der Waals surface area contributed by atoms with E-state index in [0.717, 1.165) is 16.6 Å². The third kappa shape index (κ3) is 2.25. The summed E-state index contributed by atoms with van der Waals surface area (Å²) in [5.74, 6) is -1.42. The van der Waals surface area contributed by atoms with Gasteiger partial charge in [-0.3, -0.25) is 4.79 Å². The van der Waals surface area contributed by atoms with E-state index < -0.39 is 11.9 Å². The minimum Gasteiger partial charge on any atom is -0.478 e. The molecule has 0 saturated heterocycles. The van der Waals surface area contributed by atoms with E-state index in [1.54, 1.807) is 42.5 Å². The van der Waals surface area contributed by atoms with Crippen LogP contribution in [0.4, 0.5) is 0 Å². The highest BCUT2D eigenvalue weighted by Crippen LogP contribution is 2.22.